The highest BCUT2D eigenvalue weighted by Gasteiger charge is 2.38. The van der Waals surface area contributed by atoms with Crippen molar-refractivity contribution in [2.24, 2.45) is 5.73 Å². The lowest BCUT2D eigenvalue weighted by atomic mass is 9.97. The Morgan fingerprint density at radius 2 is 2.24 bits per heavy atom. The smallest absolute Gasteiger partial charge is 0.242 e. The van der Waals surface area contributed by atoms with Gasteiger partial charge < -0.3 is 10.6 Å². The van der Waals surface area contributed by atoms with E-state index in [1.165, 1.54) is 0 Å². The normalized spacial score (nSPS) is 18.3. The molecule has 0 atom stereocenters. The van der Waals surface area contributed by atoms with Crippen LogP contribution < -0.4 is 5.73 Å². The van der Waals surface area contributed by atoms with Crippen molar-refractivity contribution in [1.29, 1.82) is 0 Å². The minimum Gasteiger partial charge on any atom is -0.339 e. The molecule has 0 aliphatic heterocycles. The average molecular weight is 253 g/mol. The van der Waals surface area contributed by atoms with Crippen LogP contribution in [0.15, 0.2) is 6.20 Å². The van der Waals surface area contributed by atoms with Gasteiger partial charge in [-0.15, -0.1) is 11.3 Å². The molecule has 1 heterocycles. The Kier molecular flexibility index (Phi) is 3.49. The number of hydrogen-bond donors (Lipinski definition) is 1. The van der Waals surface area contributed by atoms with E-state index in [-0.39, 0.29) is 5.91 Å². The van der Waals surface area contributed by atoms with Crippen LogP contribution >= 0.6 is 11.3 Å². The molecule has 0 radical (unpaired) electrons. The molecule has 0 aromatic carbocycles. The first kappa shape index (κ1) is 12.5. The first-order valence-corrected chi connectivity index (χ1v) is 6.79. The zero-order valence-electron chi connectivity index (χ0n) is 10.4. The van der Waals surface area contributed by atoms with E-state index in [1.807, 2.05) is 20.2 Å². The van der Waals surface area contributed by atoms with E-state index in [2.05, 4.69) is 4.98 Å². The van der Waals surface area contributed by atoms with Gasteiger partial charge in [-0.1, -0.05) is 12.8 Å². The van der Waals surface area contributed by atoms with Gasteiger partial charge >= 0.3 is 0 Å². The highest BCUT2D eigenvalue weighted by molar-refractivity contribution is 7.11. The molecule has 0 saturated heterocycles. The first-order valence-electron chi connectivity index (χ1n) is 5.97. The largest absolute Gasteiger partial charge is 0.339 e. The Hall–Kier alpha value is -0.940. The number of carbonyl (C=O) groups is 1. The van der Waals surface area contributed by atoms with Crippen LogP contribution in [0.1, 0.15) is 35.6 Å². The monoisotopic (exact) mass is 253 g/mol. The summed E-state index contributed by atoms with van der Waals surface area (Å²) in [5.41, 5.74) is 5.54. The van der Waals surface area contributed by atoms with Gasteiger partial charge in [-0.05, 0) is 19.8 Å². The summed E-state index contributed by atoms with van der Waals surface area (Å²) in [6.45, 7) is 2.58. The molecule has 0 unspecified atom stereocenters. The molecule has 1 amide bonds. The third-order valence-corrected chi connectivity index (χ3v) is 4.23. The summed E-state index contributed by atoms with van der Waals surface area (Å²) in [7, 11) is 1.82. The van der Waals surface area contributed by atoms with Crippen molar-refractivity contribution in [2.45, 2.75) is 44.7 Å². The number of carbonyl (C=O) groups excluding carboxylic acids is 1. The predicted octanol–water partition coefficient (Wildman–Crippen LogP) is 1.68. The van der Waals surface area contributed by atoms with Crippen LogP contribution in [-0.2, 0) is 11.3 Å². The predicted molar refractivity (Wildman–Crippen MR) is 68.7 cm³/mol. The van der Waals surface area contributed by atoms with E-state index in [9.17, 15) is 4.79 Å². The van der Waals surface area contributed by atoms with Crippen LogP contribution in [0.5, 0.6) is 0 Å². The van der Waals surface area contributed by atoms with Crippen molar-refractivity contribution in [3.63, 3.8) is 0 Å². The summed E-state index contributed by atoms with van der Waals surface area (Å²) in [6.07, 6.45) is 5.60. The number of hydrogen-bond acceptors (Lipinski definition) is 4. The molecule has 5 heteroatoms. The summed E-state index contributed by atoms with van der Waals surface area (Å²) in [4.78, 5) is 19.3. The SMILES string of the molecule is Cc1ncc(CN(C)C(=O)C2(N)CCCC2)s1. The van der Waals surface area contributed by atoms with Gasteiger partial charge in [-0.25, -0.2) is 4.98 Å². The fraction of sp³-hybridized carbons (Fsp3) is 0.667. The number of nitrogens with two attached hydrogens (primary N) is 1. The molecule has 1 aliphatic carbocycles. The van der Waals surface area contributed by atoms with Gasteiger partial charge in [0.1, 0.15) is 0 Å². The van der Waals surface area contributed by atoms with Crippen LogP contribution in [0.25, 0.3) is 0 Å². The molecular formula is C12H19N3OS. The van der Waals surface area contributed by atoms with Gasteiger partial charge in [0, 0.05) is 18.1 Å². The summed E-state index contributed by atoms with van der Waals surface area (Å²) >= 11 is 1.63. The van der Waals surface area contributed by atoms with Crippen molar-refractivity contribution >= 4 is 17.2 Å². The molecule has 0 spiro atoms. The zero-order chi connectivity index (χ0) is 12.5. The van der Waals surface area contributed by atoms with E-state index in [4.69, 9.17) is 5.73 Å². The third-order valence-electron chi connectivity index (χ3n) is 3.33. The lowest BCUT2D eigenvalue weighted by Gasteiger charge is -2.28. The molecule has 94 valence electrons. The lowest BCUT2D eigenvalue weighted by molar-refractivity contribution is -0.136. The van der Waals surface area contributed by atoms with Crippen molar-refractivity contribution in [3.8, 4) is 0 Å². The van der Waals surface area contributed by atoms with Crippen LogP contribution in [0.2, 0.25) is 0 Å². The maximum atomic E-state index is 12.3. The van der Waals surface area contributed by atoms with Gasteiger partial charge in [-0.3, -0.25) is 4.79 Å². The van der Waals surface area contributed by atoms with Crippen molar-refractivity contribution < 1.29 is 4.79 Å². The van der Waals surface area contributed by atoms with Crippen LogP contribution in [0.4, 0.5) is 0 Å². The van der Waals surface area contributed by atoms with E-state index < -0.39 is 5.54 Å². The highest BCUT2D eigenvalue weighted by atomic mass is 32.1. The summed E-state index contributed by atoms with van der Waals surface area (Å²) in [5.74, 6) is 0.0704. The molecule has 0 bridgehead atoms. The average Bonchev–Trinajstić information content (AvgIpc) is 2.88. The summed E-state index contributed by atoms with van der Waals surface area (Å²) < 4.78 is 0. The van der Waals surface area contributed by atoms with Crippen molar-refractivity contribution in [1.82, 2.24) is 9.88 Å². The number of nitrogens with zero attached hydrogens (tertiary/aromatic N) is 2. The van der Waals surface area contributed by atoms with Crippen LogP contribution in [-0.4, -0.2) is 28.4 Å². The number of aryl methyl sites for hydroxylation is 1. The molecule has 1 aliphatic rings. The molecule has 2 rings (SSSR count). The molecule has 1 fully saturated rings. The van der Waals surface area contributed by atoms with Gasteiger partial charge in [0.15, 0.2) is 0 Å². The number of thiazole rings is 1. The van der Waals surface area contributed by atoms with E-state index in [0.717, 1.165) is 35.6 Å². The fourth-order valence-electron chi connectivity index (χ4n) is 2.38. The summed E-state index contributed by atoms with van der Waals surface area (Å²) in [5, 5.41) is 1.03. The highest BCUT2D eigenvalue weighted by Crippen LogP contribution is 2.29. The Balaban J connectivity index is 2.00. The van der Waals surface area contributed by atoms with Gasteiger partial charge in [0.25, 0.3) is 0 Å². The number of aromatic nitrogens is 1. The van der Waals surface area contributed by atoms with Gasteiger partial charge in [0.2, 0.25) is 5.91 Å². The Morgan fingerprint density at radius 1 is 1.59 bits per heavy atom. The minimum atomic E-state index is -0.617. The molecule has 4 nitrogen and oxygen atoms in total. The summed E-state index contributed by atoms with van der Waals surface area (Å²) in [6, 6.07) is 0. The Bertz CT molecular complexity index is 410. The van der Waals surface area contributed by atoms with E-state index >= 15 is 0 Å². The van der Waals surface area contributed by atoms with E-state index in [0.29, 0.717) is 6.54 Å². The van der Waals surface area contributed by atoms with E-state index in [1.54, 1.807) is 16.2 Å². The first-order chi connectivity index (χ1) is 8.01. The molecule has 2 N–H and O–H groups in total. The maximum Gasteiger partial charge on any atom is 0.242 e. The number of rotatable bonds is 3. The topological polar surface area (TPSA) is 59.2 Å². The quantitative estimate of drug-likeness (QED) is 0.891. The second kappa shape index (κ2) is 4.74. The molecule has 1 aromatic heterocycles. The Labute approximate surface area is 106 Å². The zero-order valence-corrected chi connectivity index (χ0v) is 11.2. The van der Waals surface area contributed by atoms with Gasteiger partial charge in [-0.2, -0.15) is 0 Å². The molecular weight excluding hydrogens is 234 g/mol. The third kappa shape index (κ3) is 2.66. The van der Waals surface area contributed by atoms with Crippen LogP contribution in [0, 0.1) is 6.92 Å². The number of likely N-dealkylation sites (N-methyl/N-ethyl adjacent to an activating group) is 1. The maximum absolute atomic E-state index is 12.3. The molecule has 17 heavy (non-hydrogen) atoms. The Morgan fingerprint density at radius 3 is 2.76 bits per heavy atom. The fourth-order valence-corrected chi connectivity index (χ4v) is 3.23. The second-order valence-corrected chi connectivity index (χ2v) is 6.19. The minimum absolute atomic E-state index is 0.0704. The standard InChI is InChI=1S/C12H19N3OS/c1-9-14-7-10(17-9)8-15(2)11(16)12(13)5-3-4-6-12/h7H,3-6,8,13H2,1-2H3. The van der Waals surface area contributed by atoms with Crippen molar-refractivity contribution in [2.75, 3.05) is 7.05 Å². The lowest BCUT2D eigenvalue weighted by Crippen LogP contribution is -2.52. The second-order valence-electron chi connectivity index (χ2n) is 4.87. The van der Waals surface area contributed by atoms with Crippen molar-refractivity contribution in [3.05, 3.63) is 16.1 Å². The van der Waals surface area contributed by atoms with Crippen LogP contribution in [0.3, 0.4) is 0 Å². The molecule has 1 saturated carbocycles. The van der Waals surface area contributed by atoms with Gasteiger partial charge in [0.05, 0.1) is 17.1 Å². The molecule has 1 aromatic rings. The number of amides is 1.